The molecule has 108 valence electrons. The topological polar surface area (TPSA) is 55.2 Å². The molecule has 0 spiro atoms. The third kappa shape index (κ3) is 1.96. The number of benzene rings is 1. The number of nitrogens with zero attached hydrogens (tertiary/aromatic N) is 3. The van der Waals surface area contributed by atoms with Crippen molar-refractivity contribution in [3.8, 4) is 0 Å². The second kappa shape index (κ2) is 4.84. The lowest BCUT2D eigenvalue weighted by Gasteiger charge is -2.19. The second-order valence-electron chi connectivity index (χ2n) is 5.31. The van der Waals surface area contributed by atoms with Crippen LogP contribution >= 0.6 is 0 Å². The molecule has 0 bridgehead atoms. The lowest BCUT2D eigenvalue weighted by Crippen LogP contribution is -2.30. The first-order valence-corrected chi connectivity index (χ1v) is 7.00. The predicted octanol–water partition coefficient (Wildman–Crippen LogP) is 2.25. The maximum absolute atomic E-state index is 12.3. The van der Waals surface area contributed by atoms with Gasteiger partial charge < -0.3 is 4.57 Å². The van der Waals surface area contributed by atoms with E-state index >= 15 is 0 Å². The minimum absolute atomic E-state index is 0.371. The average molecular weight is 283 g/mol. The summed E-state index contributed by atoms with van der Waals surface area (Å²) in [6.07, 6.45) is 3.48. The maximum Gasteiger partial charge on any atom is 0.299 e. The predicted molar refractivity (Wildman–Crippen MR) is 79.3 cm³/mol. The summed E-state index contributed by atoms with van der Waals surface area (Å²) in [5, 5.41) is 0. The summed E-state index contributed by atoms with van der Waals surface area (Å²) in [6, 6.07) is 3.84. The number of imidazole rings is 1. The molecular formula is C16H17N3O2. The summed E-state index contributed by atoms with van der Waals surface area (Å²) in [4.78, 5) is 30.3. The van der Waals surface area contributed by atoms with Gasteiger partial charge in [0.15, 0.2) is 0 Å². The van der Waals surface area contributed by atoms with Gasteiger partial charge in [-0.3, -0.25) is 14.5 Å². The summed E-state index contributed by atoms with van der Waals surface area (Å²) in [5.74, 6) is -0.861. The van der Waals surface area contributed by atoms with E-state index in [2.05, 4.69) is 4.98 Å². The minimum Gasteiger partial charge on any atom is -0.333 e. The Labute approximate surface area is 123 Å². The van der Waals surface area contributed by atoms with Gasteiger partial charge in [-0.25, -0.2) is 4.98 Å². The molecule has 1 aliphatic heterocycles. The first-order chi connectivity index (χ1) is 10.0. The van der Waals surface area contributed by atoms with Crippen LogP contribution < -0.4 is 4.90 Å². The fraction of sp³-hybridized carbons (Fsp3) is 0.312. The SMILES string of the molecule is CCn1cncc1CN1C(=O)C(=O)c2c(C)ccc(C)c21. The summed E-state index contributed by atoms with van der Waals surface area (Å²) < 4.78 is 1.97. The molecule has 0 saturated carbocycles. The van der Waals surface area contributed by atoms with Crippen LogP contribution in [0.25, 0.3) is 0 Å². The van der Waals surface area contributed by atoms with E-state index in [1.807, 2.05) is 37.5 Å². The Hall–Kier alpha value is -2.43. The normalized spacial score (nSPS) is 14.0. The fourth-order valence-corrected chi connectivity index (χ4v) is 2.84. The van der Waals surface area contributed by atoms with Gasteiger partial charge in [-0.15, -0.1) is 0 Å². The van der Waals surface area contributed by atoms with E-state index in [0.29, 0.717) is 12.1 Å². The zero-order chi connectivity index (χ0) is 15.1. The van der Waals surface area contributed by atoms with Gasteiger partial charge in [0, 0.05) is 12.7 Å². The molecule has 3 rings (SSSR count). The third-order valence-corrected chi connectivity index (χ3v) is 3.98. The van der Waals surface area contributed by atoms with E-state index in [-0.39, 0.29) is 0 Å². The summed E-state index contributed by atoms with van der Waals surface area (Å²) in [7, 11) is 0. The minimum atomic E-state index is -0.453. The number of aryl methyl sites for hydroxylation is 3. The Morgan fingerprint density at radius 1 is 1.14 bits per heavy atom. The molecule has 5 heteroatoms. The van der Waals surface area contributed by atoms with Crippen molar-refractivity contribution in [1.29, 1.82) is 0 Å². The van der Waals surface area contributed by atoms with Crippen LogP contribution in [0.15, 0.2) is 24.7 Å². The van der Waals surface area contributed by atoms with E-state index in [0.717, 1.165) is 29.1 Å². The summed E-state index contributed by atoms with van der Waals surface area (Å²) in [5.41, 5.74) is 4.00. The van der Waals surface area contributed by atoms with Crippen LogP contribution in [0.4, 0.5) is 5.69 Å². The molecule has 1 amide bonds. The number of amides is 1. The molecule has 0 radical (unpaired) electrons. The molecule has 0 N–H and O–H groups in total. The summed E-state index contributed by atoms with van der Waals surface area (Å²) in [6.45, 7) is 6.96. The van der Waals surface area contributed by atoms with Crippen molar-refractivity contribution >= 4 is 17.4 Å². The smallest absolute Gasteiger partial charge is 0.299 e. The molecule has 0 unspecified atom stereocenters. The van der Waals surface area contributed by atoms with E-state index in [1.165, 1.54) is 0 Å². The number of ketones is 1. The molecule has 1 aromatic carbocycles. The molecule has 0 aliphatic carbocycles. The molecule has 0 atom stereocenters. The standard InChI is InChI=1S/C16H17N3O2/c1-4-18-9-17-7-12(18)8-19-14-11(3)6-5-10(2)13(14)15(20)16(19)21/h5-7,9H,4,8H2,1-3H3. The zero-order valence-corrected chi connectivity index (χ0v) is 12.4. The van der Waals surface area contributed by atoms with E-state index in [1.54, 1.807) is 17.4 Å². The van der Waals surface area contributed by atoms with Crippen molar-refractivity contribution in [2.75, 3.05) is 4.90 Å². The highest BCUT2D eigenvalue weighted by Crippen LogP contribution is 2.35. The number of fused-ring (bicyclic) bond motifs is 1. The van der Waals surface area contributed by atoms with Crippen molar-refractivity contribution in [2.24, 2.45) is 0 Å². The molecule has 0 saturated heterocycles. The Morgan fingerprint density at radius 3 is 2.57 bits per heavy atom. The number of carbonyl (C=O) groups excluding carboxylic acids is 2. The number of aromatic nitrogens is 2. The van der Waals surface area contributed by atoms with Gasteiger partial charge >= 0.3 is 0 Å². The van der Waals surface area contributed by atoms with Gasteiger partial charge in [-0.05, 0) is 31.9 Å². The van der Waals surface area contributed by atoms with Crippen LogP contribution in [0.5, 0.6) is 0 Å². The lowest BCUT2D eigenvalue weighted by atomic mass is 10.0. The summed E-state index contributed by atoms with van der Waals surface area (Å²) >= 11 is 0. The number of hydrogen-bond acceptors (Lipinski definition) is 3. The maximum atomic E-state index is 12.3. The highest BCUT2D eigenvalue weighted by Gasteiger charge is 2.38. The van der Waals surface area contributed by atoms with E-state index < -0.39 is 11.7 Å². The fourth-order valence-electron chi connectivity index (χ4n) is 2.84. The molecule has 1 aliphatic rings. The van der Waals surface area contributed by atoms with Gasteiger partial charge in [-0.1, -0.05) is 12.1 Å². The number of rotatable bonds is 3. The van der Waals surface area contributed by atoms with Crippen LogP contribution in [0, 0.1) is 13.8 Å². The van der Waals surface area contributed by atoms with Crippen molar-refractivity contribution < 1.29 is 9.59 Å². The van der Waals surface area contributed by atoms with E-state index in [9.17, 15) is 9.59 Å². The van der Waals surface area contributed by atoms with Gasteiger partial charge in [0.2, 0.25) is 0 Å². The quantitative estimate of drug-likeness (QED) is 0.812. The van der Waals surface area contributed by atoms with Gasteiger partial charge in [0.1, 0.15) is 0 Å². The van der Waals surface area contributed by atoms with Gasteiger partial charge in [0.25, 0.3) is 11.7 Å². The average Bonchev–Trinajstić information content (AvgIpc) is 3.02. The number of Topliss-reactive ketones (excluding diaryl/α,β-unsaturated/α-hetero) is 1. The monoisotopic (exact) mass is 283 g/mol. The van der Waals surface area contributed by atoms with Crippen molar-refractivity contribution in [3.63, 3.8) is 0 Å². The molecule has 2 heterocycles. The van der Waals surface area contributed by atoms with Crippen molar-refractivity contribution in [2.45, 2.75) is 33.9 Å². The van der Waals surface area contributed by atoms with Crippen molar-refractivity contribution in [3.05, 3.63) is 47.0 Å². The van der Waals surface area contributed by atoms with Crippen LogP contribution in [0.3, 0.4) is 0 Å². The number of hydrogen-bond donors (Lipinski definition) is 0. The Morgan fingerprint density at radius 2 is 1.86 bits per heavy atom. The van der Waals surface area contributed by atoms with E-state index in [4.69, 9.17) is 0 Å². The van der Waals surface area contributed by atoms with Gasteiger partial charge in [-0.2, -0.15) is 0 Å². The second-order valence-corrected chi connectivity index (χ2v) is 5.31. The molecule has 5 nitrogen and oxygen atoms in total. The molecule has 2 aromatic rings. The first-order valence-electron chi connectivity index (χ1n) is 7.00. The Kier molecular flexibility index (Phi) is 3.12. The lowest BCUT2D eigenvalue weighted by molar-refractivity contribution is -0.114. The van der Waals surface area contributed by atoms with Crippen LogP contribution in [0.2, 0.25) is 0 Å². The number of carbonyl (C=O) groups is 2. The first kappa shape index (κ1) is 13.5. The molecule has 21 heavy (non-hydrogen) atoms. The Balaban J connectivity index is 2.08. The number of anilines is 1. The van der Waals surface area contributed by atoms with Crippen LogP contribution in [-0.2, 0) is 17.9 Å². The van der Waals surface area contributed by atoms with Crippen LogP contribution in [-0.4, -0.2) is 21.2 Å². The van der Waals surface area contributed by atoms with Crippen LogP contribution in [0.1, 0.15) is 34.1 Å². The zero-order valence-electron chi connectivity index (χ0n) is 12.4. The highest BCUT2D eigenvalue weighted by molar-refractivity contribution is 6.52. The largest absolute Gasteiger partial charge is 0.333 e. The third-order valence-electron chi connectivity index (χ3n) is 3.98. The molecule has 1 aromatic heterocycles. The van der Waals surface area contributed by atoms with Gasteiger partial charge in [0.05, 0.1) is 29.8 Å². The molecular weight excluding hydrogens is 266 g/mol. The Bertz CT molecular complexity index is 746. The molecule has 0 fully saturated rings. The van der Waals surface area contributed by atoms with Crippen molar-refractivity contribution in [1.82, 2.24) is 9.55 Å². The highest BCUT2D eigenvalue weighted by atomic mass is 16.2.